The van der Waals surface area contributed by atoms with Crippen LogP contribution >= 0.6 is 0 Å². The zero-order chi connectivity index (χ0) is 18.0. The first kappa shape index (κ1) is 17.2. The highest BCUT2D eigenvalue weighted by atomic mass is 32.2. The van der Waals surface area contributed by atoms with Crippen molar-refractivity contribution in [1.82, 2.24) is 4.57 Å². The highest BCUT2D eigenvalue weighted by molar-refractivity contribution is 7.90. The lowest BCUT2D eigenvalue weighted by Crippen LogP contribution is -2.09. The first-order valence-corrected chi connectivity index (χ1v) is 9.77. The Balaban J connectivity index is 1.76. The molecule has 0 bridgehead atoms. The molecule has 0 atom stereocenters. The Kier molecular flexibility index (Phi) is 4.63. The summed E-state index contributed by atoms with van der Waals surface area (Å²) in [4.78, 5) is 11.6. The van der Waals surface area contributed by atoms with Gasteiger partial charge in [-0.1, -0.05) is 18.2 Å². The van der Waals surface area contributed by atoms with Crippen LogP contribution < -0.4 is 4.74 Å². The predicted molar refractivity (Wildman–Crippen MR) is 97.1 cm³/mol. The molecule has 0 aliphatic rings. The van der Waals surface area contributed by atoms with Crippen molar-refractivity contribution >= 4 is 27.0 Å². The smallest absolute Gasteiger partial charge is 0.175 e. The maximum Gasteiger partial charge on any atom is 0.175 e. The number of aldehydes is 1. The quantitative estimate of drug-likeness (QED) is 0.635. The van der Waals surface area contributed by atoms with Crippen molar-refractivity contribution in [2.45, 2.75) is 18.4 Å². The van der Waals surface area contributed by atoms with Gasteiger partial charge >= 0.3 is 0 Å². The molecule has 0 radical (unpaired) electrons. The molecule has 3 rings (SSSR count). The van der Waals surface area contributed by atoms with Gasteiger partial charge in [0, 0.05) is 28.4 Å². The van der Waals surface area contributed by atoms with Gasteiger partial charge in [0.1, 0.15) is 12.4 Å². The summed E-state index contributed by atoms with van der Waals surface area (Å²) < 4.78 is 30.7. The molecule has 3 aromatic rings. The van der Waals surface area contributed by atoms with Crippen LogP contribution in [0.25, 0.3) is 10.9 Å². The Morgan fingerprint density at radius 2 is 1.76 bits per heavy atom. The summed E-state index contributed by atoms with van der Waals surface area (Å²) in [6.45, 7) is 2.93. The number of aromatic nitrogens is 1. The van der Waals surface area contributed by atoms with Crippen molar-refractivity contribution in [2.75, 3.05) is 12.9 Å². The molecule has 5 nitrogen and oxygen atoms in total. The molecule has 0 aliphatic heterocycles. The molecule has 6 heteroatoms. The van der Waals surface area contributed by atoms with Gasteiger partial charge in [-0.05, 0) is 37.3 Å². The molecule has 0 amide bonds. The predicted octanol–water partition coefficient (Wildman–Crippen LogP) is 3.24. The van der Waals surface area contributed by atoms with E-state index in [-0.39, 0.29) is 4.90 Å². The highest BCUT2D eigenvalue weighted by Gasteiger charge is 2.13. The number of para-hydroxylation sites is 1. The minimum absolute atomic E-state index is 0.266. The van der Waals surface area contributed by atoms with E-state index < -0.39 is 9.84 Å². The van der Waals surface area contributed by atoms with Crippen molar-refractivity contribution in [3.05, 3.63) is 59.8 Å². The van der Waals surface area contributed by atoms with Gasteiger partial charge in [-0.25, -0.2) is 8.42 Å². The fourth-order valence-corrected chi connectivity index (χ4v) is 3.56. The lowest BCUT2D eigenvalue weighted by atomic mass is 10.1. The molecule has 130 valence electrons. The second-order valence-electron chi connectivity index (χ2n) is 5.88. The summed E-state index contributed by atoms with van der Waals surface area (Å²) >= 11 is 0. The maximum absolute atomic E-state index is 11.5. The van der Waals surface area contributed by atoms with Gasteiger partial charge in [-0.15, -0.1) is 0 Å². The van der Waals surface area contributed by atoms with Crippen LogP contribution in [-0.4, -0.2) is 32.1 Å². The van der Waals surface area contributed by atoms with Crippen LogP contribution in [0.2, 0.25) is 0 Å². The molecule has 2 aromatic carbocycles. The van der Waals surface area contributed by atoms with E-state index in [0.29, 0.717) is 24.5 Å². The molecule has 0 spiro atoms. The van der Waals surface area contributed by atoms with Crippen molar-refractivity contribution in [1.29, 1.82) is 0 Å². The minimum atomic E-state index is -3.21. The number of sulfone groups is 1. The van der Waals surface area contributed by atoms with Gasteiger partial charge < -0.3 is 9.30 Å². The number of fused-ring (bicyclic) bond motifs is 1. The van der Waals surface area contributed by atoms with E-state index >= 15 is 0 Å². The number of carbonyl (C=O) groups is 1. The molecule has 1 aromatic heterocycles. The van der Waals surface area contributed by atoms with Crippen molar-refractivity contribution in [3.8, 4) is 5.75 Å². The molecule has 1 heterocycles. The van der Waals surface area contributed by atoms with E-state index in [1.807, 2.05) is 31.2 Å². The number of nitrogens with zero attached hydrogens (tertiary/aromatic N) is 1. The number of hydrogen-bond donors (Lipinski definition) is 0. The minimum Gasteiger partial charge on any atom is -0.492 e. The van der Waals surface area contributed by atoms with Crippen LogP contribution in [0, 0.1) is 6.92 Å². The van der Waals surface area contributed by atoms with Crippen molar-refractivity contribution < 1.29 is 17.9 Å². The standard InChI is InChI=1S/C19H19NO4S/c1-14-18(13-21)17-5-3-4-6-19(17)20(14)11-12-24-15-7-9-16(10-8-15)25(2,22)23/h3-10,13H,11-12H2,1-2H3. The third kappa shape index (κ3) is 3.44. The normalized spacial score (nSPS) is 11.6. The van der Waals surface area contributed by atoms with Crippen LogP contribution in [0.3, 0.4) is 0 Å². The Hall–Kier alpha value is -2.60. The molecular formula is C19H19NO4S. The molecule has 25 heavy (non-hydrogen) atoms. The largest absolute Gasteiger partial charge is 0.492 e. The van der Waals surface area contributed by atoms with Crippen LogP contribution in [0.5, 0.6) is 5.75 Å². The topological polar surface area (TPSA) is 65.4 Å². The zero-order valence-corrected chi connectivity index (χ0v) is 14.9. The third-order valence-electron chi connectivity index (χ3n) is 4.23. The SMILES string of the molecule is Cc1c(C=O)c2ccccc2n1CCOc1ccc(S(C)(=O)=O)cc1. The number of carbonyl (C=O) groups excluding carboxylic acids is 1. The van der Waals surface area contributed by atoms with E-state index in [1.165, 1.54) is 18.4 Å². The van der Waals surface area contributed by atoms with Crippen LogP contribution in [0.1, 0.15) is 16.1 Å². The van der Waals surface area contributed by atoms with Crippen LogP contribution in [0.15, 0.2) is 53.4 Å². The van der Waals surface area contributed by atoms with Crippen LogP contribution in [0.4, 0.5) is 0 Å². The molecule has 0 unspecified atom stereocenters. The fraction of sp³-hybridized carbons (Fsp3) is 0.211. The highest BCUT2D eigenvalue weighted by Crippen LogP contribution is 2.24. The summed E-state index contributed by atoms with van der Waals surface area (Å²) in [6.07, 6.45) is 2.06. The molecule has 0 fully saturated rings. The van der Waals surface area contributed by atoms with Gasteiger partial charge in [0.25, 0.3) is 0 Å². The second-order valence-corrected chi connectivity index (χ2v) is 7.89. The van der Waals surface area contributed by atoms with E-state index in [1.54, 1.807) is 12.1 Å². The number of rotatable bonds is 6. The van der Waals surface area contributed by atoms with Crippen molar-refractivity contribution in [2.24, 2.45) is 0 Å². The first-order chi connectivity index (χ1) is 11.9. The summed E-state index contributed by atoms with van der Waals surface area (Å²) in [5.74, 6) is 0.608. The lowest BCUT2D eigenvalue weighted by molar-refractivity contribution is 0.112. The van der Waals surface area contributed by atoms with Crippen LogP contribution in [-0.2, 0) is 16.4 Å². The summed E-state index contributed by atoms with van der Waals surface area (Å²) in [6, 6.07) is 14.1. The zero-order valence-electron chi connectivity index (χ0n) is 14.1. The average Bonchev–Trinajstić information content (AvgIpc) is 2.86. The Morgan fingerprint density at radius 3 is 2.40 bits per heavy atom. The van der Waals surface area contributed by atoms with Gasteiger partial charge in [0.15, 0.2) is 16.1 Å². The molecule has 0 saturated heterocycles. The number of ether oxygens (including phenoxy) is 1. The number of benzene rings is 2. The van der Waals surface area contributed by atoms with Gasteiger partial charge in [-0.2, -0.15) is 0 Å². The van der Waals surface area contributed by atoms with Gasteiger partial charge in [0.05, 0.1) is 11.4 Å². The third-order valence-corrected chi connectivity index (χ3v) is 5.36. The first-order valence-electron chi connectivity index (χ1n) is 7.88. The molecular weight excluding hydrogens is 338 g/mol. The van der Waals surface area contributed by atoms with E-state index in [9.17, 15) is 13.2 Å². The Labute approximate surface area is 146 Å². The number of hydrogen-bond acceptors (Lipinski definition) is 4. The molecule has 0 saturated carbocycles. The Bertz CT molecular complexity index is 1020. The lowest BCUT2D eigenvalue weighted by Gasteiger charge is -2.10. The Morgan fingerprint density at radius 1 is 1.08 bits per heavy atom. The maximum atomic E-state index is 11.5. The van der Waals surface area contributed by atoms with Gasteiger partial charge in [0.2, 0.25) is 0 Å². The average molecular weight is 357 g/mol. The monoisotopic (exact) mass is 357 g/mol. The van der Waals surface area contributed by atoms with Gasteiger partial charge in [-0.3, -0.25) is 4.79 Å². The molecule has 0 aliphatic carbocycles. The fourth-order valence-electron chi connectivity index (χ4n) is 2.93. The van der Waals surface area contributed by atoms with E-state index in [4.69, 9.17) is 4.74 Å². The summed E-state index contributed by atoms with van der Waals surface area (Å²) in [5.41, 5.74) is 2.61. The second kappa shape index (κ2) is 6.72. The van der Waals surface area contributed by atoms with E-state index in [2.05, 4.69) is 4.57 Å². The molecule has 0 N–H and O–H groups in total. The summed E-state index contributed by atoms with van der Waals surface area (Å²) in [7, 11) is -3.21. The summed E-state index contributed by atoms with van der Waals surface area (Å²) in [5, 5.41) is 0.938. The van der Waals surface area contributed by atoms with Crippen molar-refractivity contribution in [3.63, 3.8) is 0 Å². The van der Waals surface area contributed by atoms with E-state index in [0.717, 1.165) is 22.9 Å².